The van der Waals surface area contributed by atoms with Crippen molar-refractivity contribution in [3.63, 3.8) is 0 Å². The summed E-state index contributed by atoms with van der Waals surface area (Å²) in [4.78, 5) is 63.2. The zero-order valence-electron chi connectivity index (χ0n) is 31.1. The van der Waals surface area contributed by atoms with Crippen molar-refractivity contribution in [1.29, 1.82) is 5.26 Å². The van der Waals surface area contributed by atoms with E-state index in [1.165, 1.54) is 12.6 Å². The third kappa shape index (κ3) is 8.57. The standard InChI is InChI=1S/C39H51ClN8O4S/c1-24-21-45(22-25(2)46(24)23-35(50)43-28-11-9-27(10-12-28)31-15-16-34(49)44-36(31)51)17-5-6-26-7-13-29(14-8-26)48-38(53)47(37(52)39(48,3)4)30-18-32(40)33(19-41)42-20-30/h9-12,18,20,24-26,29,31,38,53H,5-8,13-17,21-23H2,1-4H3,(H,43,50)(H,44,49,51)/t24-,25+,26?,29?,31?,38?. The van der Waals surface area contributed by atoms with Crippen LogP contribution in [-0.2, 0) is 19.2 Å². The van der Waals surface area contributed by atoms with Crippen molar-refractivity contribution in [2.45, 2.75) is 114 Å². The normalized spacial score (nSPS) is 28.5. The van der Waals surface area contributed by atoms with Crippen molar-refractivity contribution in [2.24, 2.45) is 5.92 Å². The Hall–Kier alpha value is -3.54. The Morgan fingerprint density at radius 3 is 2.38 bits per heavy atom. The van der Waals surface area contributed by atoms with Crippen molar-refractivity contribution >= 4 is 59.2 Å². The van der Waals surface area contributed by atoms with Gasteiger partial charge in [-0.1, -0.05) is 23.7 Å². The zero-order valence-corrected chi connectivity index (χ0v) is 32.7. The maximum absolute atomic E-state index is 13.6. The van der Waals surface area contributed by atoms with E-state index in [1.54, 1.807) is 11.0 Å². The molecule has 1 aromatic heterocycles. The number of imide groups is 1. The molecule has 2 unspecified atom stereocenters. The number of benzene rings is 1. The van der Waals surface area contributed by atoms with Crippen LogP contribution in [-0.4, -0.2) is 98.7 Å². The SMILES string of the molecule is C[C@@H]1CN(CCCC2CCC(N3C(S)N(c4cnc(C#N)c(Cl)c4)C(=O)C3(C)C)CC2)C[C@H](C)N1CC(=O)Nc1ccc(C2CCC(=O)NC2=O)cc1. The van der Waals surface area contributed by atoms with Crippen molar-refractivity contribution in [3.8, 4) is 6.07 Å². The van der Waals surface area contributed by atoms with Crippen molar-refractivity contribution in [3.05, 3.63) is 52.8 Å². The number of anilines is 2. The van der Waals surface area contributed by atoms with Crippen LogP contribution in [0.25, 0.3) is 0 Å². The van der Waals surface area contributed by atoms with Crippen LogP contribution < -0.4 is 15.5 Å². The number of carbonyl (C=O) groups excluding carboxylic acids is 4. The number of nitriles is 1. The highest BCUT2D eigenvalue weighted by Crippen LogP contribution is 2.43. The maximum atomic E-state index is 13.6. The van der Waals surface area contributed by atoms with E-state index in [9.17, 15) is 24.4 Å². The van der Waals surface area contributed by atoms with E-state index >= 15 is 0 Å². The second kappa shape index (κ2) is 16.4. The number of pyridine rings is 1. The van der Waals surface area contributed by atoms with Crippen molar-refractivity contribution in [1.82, 2.24) is 25.0 Å². The number of aromatic nitrogens is 1. The summed E-state index contributed by atoms with van der Waals surface area (Å²) in [6.07, 6.45) is 8.91. The van der Waals surface area contributed by atoms with Gasteiger partial charge in [-0.25, -0.2) is 4.98 Å². The first-order chi connectivity index (χ1) is 25.3. The summed E-state index contributed by atoms with van der Waals surface area (Å²) in [6.45, 7) is 11.5. The van der Waals surface area contributed by atoms with Crippen LogP contribution in [0.4, 0.5) is 11.4 Å². The summed E-state index contributed by atoms with van der Waals surface area (Å²) in [6, 6.07) is 11.7. The molecule has 12 nitrogen and oxygen atoms in total. The smallest absolute Gasteiger partial charge is 0.249 e. The summed E-state index contributed by atoms with van der Waals surface area (Å²) >= 11 is 11.2. The first-order valence-corrected chi connectivity index (χ1v) is 19.7. The third-order valence-electron chi connectivity index (χ3n) is 11.7. The molecule has 0 spiro atoms. The van der Waals surface area contributed by atoms with Crippen LogP contribution in [0.5, 0.6) is 0 Å². The fourth-order valence-electron chi connectivity index (χ4n) is 8.91. The van der Waals surface area contributed by atoms with E-state index in [2.05, 4.69) is 44.2 Å². The minimum atomic E-state index is -0.731. The lowest BCUT2D eigenvalue weighted by molar-refractivity contribution is -0.134. The number of piperazine rings is 1. The molecule has 3 aliphatic heterocycles. The highest BCUT2D eigenvalue weighted by molar-refractivity contribution is 7.81. The van der Waals surface area contributed by atoms with Crippen LogP contribution >= 0.6 is 24.2 Å². The number of hydrogen-bond donors (Lipinski definition) is 3. The van der Waals surface area contributed by atoms with Gasteiger partial charge < -0.3 is 10.2 Å². The molecule has 4 heterocycles. The molecule has 4 amide bonds. The van der Waals surface area contributed by atoms with Gasteiger partial charge in [0.15, 0.2) is 5.69 Å². The van der Waals surface area contributed by atoms with E-state index in [1.807, 2.05) is 44.2 Å². The van der Waals surface area contributed by atoms with Gasteiger partial charge in [0.1, 0.15) is 11.6 Å². The molecule has 53 heavy (non-hydrogen) atoms. The van der Waals surface area contributed by atoms with Gasteiger partial charge in [0.05, 0.1) is 34.9 Å². The van der Waals surface area contributed by atoms with Gasteiger partial charge in [0.2, 0.25) is 23.6 Å². The Balaban J connectivity index is 0.924. The number of hydrogen-bond acceptors (Lipinski definition) is 10. The van der Waals surface area contributed by atoms with Crippen molar-refractivity contribution < 1.29 is 19.2 Å². The van der Waals surface area contributed by atoms with Crippen LogP contribution in [0.2, 0.25) is 5.02 Å². The highest BCUT2D eigenvalue weighted by Gasteiger charge is 2.54. The molecule has 2 aromatic rings. The fraction of sp³-hybridized carbons (Fsp3) is 0.590. The Kier molecular flexibility index (Phi) is 12.2. The molecule has 4 aliphatic rings. The predicted molar refractivity (Wildman–Crippen MR) is 207 cm³/mol. The van der Waals surface area contributed by atoms with E-state index in [0.717, 1.165) is 57.3 Å². The lowest BCUT2D eigenvalue weighted by atomic mass is 9.81. The molecule has 1 aliphatic carbocycles. The molecule has 1 aromatic carbocycles. The van der Waals surface area contributed by atoms with E-state index < -0.39 is 11.0 Å². The Bertz CT molecular complexity index is 1730. The zero-order chi connectivity index (χ0) is 38.0. The van der Waals surface area contributed by atoms with Gasteiger partial charge in [-0.05, 0) is 109 Å². The van der Waals surface area contributed by atoms with Gasteiger partial charge in [-0.3, -0.25) is 39.2 Å². The number of nitrogens with zero attached hydrogens (tertiary/aromatic N) is 6. The van der Waals surface area contributed by atoms with E-state index in [-0.39, 0.29) is 58.4 Å². The number of nitrogens with one attached hydrogen (secondary N) is 2. The monoisotopic (exact) mass is 762 g/mol. The summed E-state index contributed by atoms with van der Waals surface area (Å²) in [5.41, 5.74) is 1.03. The average Bonchev–Trinajstić information content (AvgIpc) is 3.29. The summed E-state index contributed by atoms with van der Waals surface area (Å²) in [5, 5.41) is 14.9. The number of carbonyl (C=O) groups is 4. The quantitative estimate of drug-likeness (QED) is 0.222. The minimum absolute atomic E-state index is 0.0512. The summed E-state index contributed by atoms with van der Waals surface area (Å²) in [7, 11) is 0. The van der Waals surface area contributed by atoms with Crippen LogP contribution in [0.15, 0.2) is 36.5 Å². The molecular formula is C39H51ClN8O4S. The first-order valence-electron chi connectivity index (χ1n) is 18.8. The second-order valence-electron chi connectivity index (χ2n) is 15.7. The molecule has 4 atom stereocenters. The number of amides is 4. The van der Waals surface area contributed by atoms with Crippen LogP contribution in [0.3, 0.4) is 0 Å². The highest BCUT2D eigenvalue weighted by atomic mass is 35.5. The lowest BCUT2D eigenvalue weighted by Gasteiger charge is -2.44. The average molecular weight is 763 g/mol. The maximum Gasteiger partial charge on any atom is 0.249 e. The fourth-order valence-corrected chi connectivity index (χ4v) is 9.83. The molecular weight excluding hydrogens is 712 g/mol. The second-order valence-corrected chi connectivity index (χ2v) is 16.6. The Morgan fingerprint density at radius 2 is 1.75 bits per heavy atom. The van der Waals surface area contributed by atoms with E-state index in [4.69, 9.17) is 24.2 Å². The van der Waals surface area contributed by atoms with Crippen LogP contribution in [0.1, 0.15) is 96.2 Å². The summed E-state index contributed by atoms with van der Waals surface area (Å²) < 4.78 is 0. The molecule has 284 valence electrons. The molecule has 4 fully saturated rings. The van der Waals surface area contributed by atoms with Gasteiger partial charge in [0.25, 0.3) is 0 Å². The number of rotatable bonds is 10. The van der Waals surface area contributed by atoms with Gasteiger partial charge in [-0.2, -0.15) is 5.26 Å². The molecule has 6 rings (SSSR count). The van der Waals surface area contributed by atoms with E-state index in [0.29, 0.717) is 36.7 Å². The lowest BCUT2D eigenvalue weighted by Crippen LogP contribution is -2.58. The number of thiol groups is 1. The van der Waals surface area contributed by atoms with Gasteiger partial charge in [-0.15, -0.1) is 12.6 Å². The number of piperidine rings is 1. The Labute approximate surface area is 323 Å². The van der Waals surface area contributed by atoms with Gasteiger partial charge in [0, 0.05) is 43.3 Å². The molecule has 14 heteroatoms. The Morgan fingerprint density at radius 1 is 1.08 bits per heavy atom. The largest absolute Gasteiger partial charge is 0.325 e. The van der Waals surface area contributed by atoms with Crippen LogP contribution in [0, 0.1) is 17.2 Å². The molecule has 0 radical (unpaired) electrons. The first kappa shape index (κ1) is 39.2. The molecule has 0 bridgehead atoms. The minimum Gasteiger partial charge on any atom is -0.325 e. The topological polar surface area (TPSA) is 142 Å². The van der Waals surface area contributed by atoms with Crippen molar-refractivity contribution in [2.75, 3.05) is 36.4 Å². The number of halogens is 1. The van der Waals surface area contributed by atoms with Gasteiger partial charge >= 0.3 is 0 Å². The molecule has 1 saturated carbocycles. The molecule has 2 N–H and O–H groups in total. The predicted octanol–water partition coefficient (Wildman–Crippen LogP) is 5.14. The third-order valence-corrected chi connectivity index (χ3v) is 12.5. The molecule has 3 saturated heterocycles. The summed E-state index contributed by atoms with van der Waals surface area (Å²) in [5.74, 6) is -0.301.